The molecular formula is C17H20N2O2S. The summed E-state index contributed by atoms with van der Waals surface area (Å²) >= 11 is 1.63. The average Bonchev–Trinajstić information content (AvgIpc) is 3.03. The van der Waals surface area contributed by atoms with Crippen molar-refractivity contribution in [3.05, 3.63) is 56.6 Å². The monoisotopic (exact) mass is 316 g/mol. The topological polar surface area (TPSA) is 42.3 Å². The van der Waals surface area contributed by atoms with Gasteiger partial charge >= 0.3 is 0 Å². The van der Waals surface area contributed by atoms with Crippen LogP contribution in [0.4, 0.5) is 0 Å². The fourth-order valence-corrected chi connectivity index (χ4v) is 3.65. The number of nitrogens with zero attached hydrogens (tertiary/aromatic N) is 2. The lowest BCUT2D eigenvalue weighted by molar-refractivity contribution is -0.131. The summed E-state index contributed by atoms with van der Waals surface area (Å²) in [5, 5.41) is 2.00. The summed E-state index contributed by atoms with van der Waals surface area (Å²) < 4.78 is 1.59. The van der Waals surface area contributed by atoms with E-state index in [1.807, 2.05) is 34.7 Å². The molecule has 0 unspecified atom stereocenters. The lowest BCUT2D eigenvalue weighted by Gasteiger charge is -2.32. The van der Waals surface area contributed by atoms with Gasteiger partial charge in [-0.3, -0.25) is 9.59 Å². The summed E-state index contributed by atoms with van der Waals surface area (Å²) in [5.41, 5.74) is 1.14. The zero-order chi connectivity index (χ0) is 15.5. The number of rotatable bonds is 3. The maximum Gasteiger partial charge on any atom is 0.250 e. The molecule has 0 aromatic carbocycles. The zero-order valence-corrected chi connectivity index (χ0v) is 13.5. The van der Waals surface area contributed by atoms with Gasteiger partial charge in [0.05, 0.1) is 6.42 Å². The summed E-state index contributed by atoms with van der Waals surface area (Å²) in [6, 6.07) is 7.74. The van der Waals surface area contributed by atoms with Crippen molar-refractivity contribution >= 4 is 17.2 Å². The molecule has 4 nitrogen and oxygen atoms in total. The Balaban J connectivity index is 1.59. The van der Waals surface area contributed by atoms with E-state index in [9.17, 15) is 9.59 Å². The van der Waals surface area contributed by atoms with Gasteiger partial charge in [-0.15, -0.1) is 11.3 Å². The van der Waals surface area contributed by atoms with E-state index in [-0.39, 0.29) is 11.5 Å². The third kappa shape index (κ3) is 3.30. The maximum atomic E-state index is 12.3. The number of hydrogen-bond acceptors (Lipinski definition) is 3. The number of aromatic nitrogens is 1. The van der Waals surface area contributed by atoms with E-state index in [0.717, 1.165) is 36.4 Å². The van der Waals surface area contributed by atoms with Crippen LogP contribution in [0.2, 0.25) is 0 Å². The minimum Gasteiger partial charge on any atom is -0.342 e. The van der Waals surface area contributed by atoms with Gasteiger partial charge in [-0.05, 0) is 41.8 Å². The van der Waals surface area contributed by atoms with E-state index >= 15 is 0 Å². The number of likely N-dealkylation sites (tertiary alicyclic amines) is 1. The SMILES string of the molecule is Cn1ccc(C2CCN(C(=O)Cc3cccs3)CC2)cc1=O. The second kappa shape index (κ2) is 6.48. The van der Waals surface area contributed by atoms with E-state index in [1.54, 1.807) is 29.0 Å². The van der Waals surface area contributed by atoms with Gasteiger partial charge in [0, 0.05) is 37.3 Å². The van der Waals surface area contributed by atoms with Crippen LogP contribution >= 0.6 is 11.3 Å². The van der Waals surface area contributed by atoms with Gasteiger partial charge in [0.2, 0.25) is 5.91 Å². The van der Waals surface area contributed by atoms with Crippen molar-refractivity contribution in [2.24, 2.45) is 7.05 Å². The molecule has 1 aliphatic rings. The van der Waals surface area contributed by atoms with E-state index in [1.165, 1.54) is 0 Å². The molecule has 2 aromatic heterocycles. The third-order valence-electron chi connectivity index (χ3n) is 4.35. The van der Waals surface area contributed by atoms with Gasteiger partial charge in [-0.2, -0.15) is 0 Å². The first-order chi connectivity index (χ1) is 10.6. The van der Waals surface area contributed by atoms with Crippen LogP contribution in [0, 0.1) is 0 Å². The number of amides is 1. The molecule has 116 valence electrons. The first-order valence-corrected chi connectivity index (χ1v) is 8.48. The highest BCUT2D eigenvalue weighted by Crippen LogP contribution is 2.27. The van der Waals surface area contributed by atoms with Crippen molar-refractivity contribution in [1.82, 2.24) is 9.47 Å². The van der Waals surface area contributed by atoms with Crippen LogP contribution in [-0.2, 0) is 18.3 Å². The average molecular weight is 316 g/mol. The van der Waals surface area contributed by atoms with Gasteiger partial charge in [0.25, 0.3) is 5.56 Å². The first kappa shape index (κ1) is 15.0. The van der Waals surface area contributed by atoms with Crippen LogP contribution in [0.25, 0.3) is 0 Å². The molecule has 1 amide bonds. The molecule has 5 heteroatoms. The molecule has 0 atom stereocenters. The highest BCUT2D eigenvalue weighted by Gasteiger charge is 2.24. The van der Waals surface area contributed by atoms with Crippen LogP contribution < -0.4 is 5.56 Å². The standard InChI is InChI=1S/C17H20N2O2S/c1-18-7-4-14(11-16(18)20)13-5-8-19(9-6-13)17(21)12-15-3-2-10-22-15/h2-4,7,10-11,13H,5-6,8-9,12H2,1H3. The molecule has 3 heterocycles. The smallest absolute Gasteiger partial charge is 0.250 e. The van der Waals surface area contributed by atoms with Gasteiger partial charge in [0.15, 0.2) is 0 Å². The van der Waals surface area contributed by atoms with Crippen LogP contribution in [0.3, 0.4) is 0 Å². The molecule has 1 saturated heterocycles. The highest BCUT2D eigenvalue weighted by molar-refractivity contribution is 7.10. The lowest BCUT2D eigenvalue weighted by atomic mass is 9.90. The third-order valence-corrected chi connectivity index (χ3v) is 5.23. The largest absolute Gasteiger partial charge is 0.342 e. The van der Waals surface area contributed by atoms with Crippen molar-refractivity contribution in [3.8, 4) is 0 Å². The van der Waals surface area contributed by atoms with Crippen LogP contribution in [-0.4, -0.2) is 28.5 Å². The van der Waals surface area contributed by atoms with E-state index < -0.39 is 0 Å². The molecule has 0 bridgehead atoms. The summed E-state index contributed by atoms with van der Waals surface area (Å²) in [5.74, 6) is 0.601. The van der Waals surface area contributed by atoms with E-state index in [4.69, 9.17) is 0 Å². The number of hydrogen-bond donors (Lipinski definition) is 0. The summed E-state index contributed by atoms with van der Waals surface area (Å²) in [7, 11) is 1.76. The number of thiophene rings is 1. The number of aryl methyl sites for hydroxylation is 1. The summed E-state index contributed by atoms with van der Waals surface area (Å²) in [6.45, 7) is 1.56. The zero-order valence-electron chi connectivity index (χ0n) is 12.7. The van der Waals surface area contributed by atoms with E-state index in [0.29, 0.717) is 12.3 Å². The predicted octanol–water partition coefficient (Wildman–Crippen LogP) is 2.40. The van der Waals surface area contributed by atoms with Gasteiger partial charge in [-0.25, -0.2) is 0 Å². The number of piperidine rings is 1. The van der Waals surface area contributed by atoms with Crippen molar-refractivity contribution in [1.29, 1.82) is 0 Å². The van der Waals surface area contributed by atoms with Gasteiger partial charge < -0.3 is 9.47 Å². The normalized spacial score (nSPS) is 16.0. The molecule has 3 rings (SSSR count). The molecule has 0 aliphatic carbocycles. The minimum absolute atomic E-state index is 0.0358. The highest BCUT2D eigenvalue weighted by atomic mass is 32.1. The first-order valence-electron chi connectivity index (χ1n) is 7.60. The second-order valence-corrected chi connectivity index (χ2v) is 6.85. The Hall–Kier alpha value is -1.88. The van der Waals surface area contributed by atoms with Crippen molar-refractivity contribution < 1.29 is 4.79 Å². The second-order valence-electron chi connectivity index (χ2n) is 5.82. The Morgan fingerprint density at radius 1 is 1.32 bits per heavy atom. The number of carbonyl (C=O) groups excluding carboxylic acids is 1. The molecule has 1 fully saturated rings. The Labute approximate surface area is 134 Å². The molecule has 1 aliphatic heterocycles. The molecule has 2 aromatic rings. The summed E-state index contributed by atoms with van der Waals surface area (Å²) in [6.07, 6.45) is 4.20. The maximum absolute atomic E-state index is 12.3. The lowest BCUT2D eigenvalue weighted by Crippen LogP contribution is -2.38. The van der Waals surface area contributed by atoms with Crippen LogP contribution in [0.1, 0.15) is 29.2 Å². The molecule has 0 N–H and O–H groups in total. The Bertz CT molecular complexity index is 698. The molecular weight excluding hydrogens is 296 g/mol. The van der Waals surface area contributed by atoms with Gasteiger partial charge in [-0.1, -0.05) is 6.07 Å². The Morgan fingerprint density at radius 3 is 2.73 bits per heavy atom. The molecule has 22 heavy (non-hydrogen) atoms. The van der Waals surface area contributed by atoms with Crippen molar-refractivity contribution in [2.75, 3.05) is 13.1 Å². The molecule has 0 saturated carbocycles. The fraction of sp³-hybridized carbons (Fsp3) is 0.412. The van der Waals surface area contributed by atoms with Gasteiger partial charge in [0.1, 0.15) is 0 Å². The van der Waals surface area contributed by atoms with Crippen LogP contribution in [0.15, 0.2) is 40.6 Å². The van der Waals surface area contributed by atoms with E-state index in [2.05, 4.69) is 0 Å². The fourth-order valence-electron chi connectivity index (χ4n) is 2.95. The van der Waals surface area contributed by atoms with Crippen LogP contribution in [0.5, 0.6) is 0 Å². The number of pyridine rings is 1. The predicted molar refractivity (Wildman–Crippen MR) is 88.3 cm³/mol. The summed E-state index contributed by atoms with van der Waals surface area (Å²) in [4.78, 5) is 27.1. The quantitative estimate of drug-likeness (QED) is 0.872. The molecule has 0 spiro atoms. The molecule has 0 radical (unpaired) electrons. The minimum atomic E-state index is 0.0358. The van der Waals surface area contributed by atoms with Crippen molar-refractivity contribution in [2.45, 2.75) is 25.2 Å². The Morgan fingerprint density at radius 2 is 2.09 bits per heavy atom. The Kier molecular flexibility index (Phi) is 4.43. The van der Waals surface area contributed by atoms with Crippen molar-refractivity contribution in [3.63, 3.8) is 0 Å². The number of carbonyl (C=O) groups is 1.